The number of carboxylic acid groups (broad SMARTS) is 1. The van der Waals surface area contributed by atoms with Crippen molar-refractivity contribution < 1.29 is 46.9 Å². The van der Waals surface area contributed by atoms with E-state index < -0.39 is 59.8 Å². The second-order valence-corrected chi connectivity index (χ2v) is 12.0. The van der Waals surface area contributed by atoms with Gasteiger partial charge in [-0.3, -0.25) is 0 Å². The van der Waals surface area contributed by atoms with Crippen LogP contribution in [-0.4, -0.2) is 99.4 Å². The minimum Gasteiger partial charge on any atom is -0.465 e. The molecule has 3 saturated heterocycles. The highest BCUT2D eigenvalue weighted by Crippen LogP contribution is 2.42. The van der Waals surface area contributed by atoms with Crippen LogP contribution in [0.2, 0.25) is 0 Å². The number of fused-ring (bicyclic) bond motifs is 1. The third kappa shape index (κ3) is 6.14. The van der Waals surface area contributed by atoms with E-state index in [0.29, 0.717) is 45.4 Å². The number of carbonyl (C=O) groups is 1. The molecular weight excluding hydrogens is 587 g/mol. The minimum absolute atomic E-state index is 0.0345. The van der Waals surface area contributed by atoms with Gasteiger partial charge in [0.15, 0.2) is 23.2 Å². The molecule has 1 N–H and O–H groups in total. The van der Waals surface area contributed by atoms with Gasteiger partial charge in [-0.15, -0.1) is 5.10 Å². The number of likely N-dealkylation sites (tertiary alicyclic amines) is 1. The predicted molar refractivity (Wildman–Crippen MR) is 147 cm³/mol. The molecule has 4 aliphatic rings. The monoisotopic (exact) mass is 623 g/mol. The van der Waals surface area contributed by atoms with Crippen LogP contribution in [0.5, 0.6) is 0 Å². The van der Waals surface area contributed by atoms with Gasteiger partial charge in [0, 0.05) is 44.0 Å². The van der Waals surface area contributed by atoms with Crippen molar-refractivity contribution in [2.75, 3.05) is 26.3 Å². The quantitative estimate of drug-likeness (QED) is 0.452. The van der Waals surface area contributed by atoms with Crippen molar-refractivity contribution in [3.8, 4) is 11.3 Å². The standard InChI is InChI=1S/C29H36F3N5O7/c1-4-40-26-22(12-17-11-20(34-44-17)15-5-7-36(8-6-15)28(38)39)42-23-14-41-29(2,3)43-27(23)25(26)37-13-21(33-35-37)16-9-18(30)24(32)19(31)10-16/h9-10,13,15,17,22-23,25-27H,4-8,11-12,14H2,1-3H3,(H,38,39)/t17?,22-,23-,25-,26+,27+/m1/s1. The molecule has 1 aromatic heterocycles. The van der Waals surface area contributed by atoms with E-state index in [0.717, 1.165) is 17.8 Å². The van der Waals surface area contributed by atoms with E-state index in [4.69, 9.17) is 23.8 Å². The average Bonchev–Trinajstić information content (AvgIpc) is 3.66. The van der Waals surface area contributed by atoms with Crippen LogP contribution < -0.4 is 0 Å². The largest absolute Gasteiger partial charge is 0.465 e. The maximum Gasteiger partial charge on any atom is 0.407 e. The zero-order valence-electron chi connectivity index (χ0n) is 24.7. The molecule has 0 spiro atoms. The predicted octanol–water partition coefficient (Wildman–Crippen LogP) is 4.15. The Morgan fingerprint density at radius 3 is 2.59 bits per heavy atom. The number of ether oxygens (including phenoxy) is 4. The number of hydrogen-bond acceptors (Lipinski definition) is 9. The summed E-state index contributed by atoms with van der Waals surface area (Å²) in [5.41, 5.74) is 1.10. The fourth-order valence-electron chi connectivity index (χ4n) is 6.56. The number of halogens is 3. The van der Waals surface area contributed by atoms with Crippen LogP contribution in [-0.2, 0) is 23.8 Å². The maximum absolute atomic E-state index is 14.0. The molecule has 240 valence electrons. The Kier molecular flexibility index (Phi) is 8.56. The topological polar surface area (TPSA) is 130 Å². The van der Waals surface area contributed by atoms with Gasteiger partial charge in [0.05, 0.1) is 24.6 Å². The molecule has 0 bridgehead atoms. The molecule has 0 aliphatic carbocycles. The van der Waals surface area contributed by atoms with E-state index >= 15 is 0 Å². The Morgan fingerprint density at radius 2 is 1.91 bits per heavy atom. The summed E-state index contributed by atoms with van der Waals surface area (Å²) in [5.74, 6) is -4.98. The lowest BCUT2D eigenvalue weighted by atomic mass is 9.86. The summed E-state index contributed by atoms with van der Waals surface area (Å²) in [5, 5.41) is 22.1. The highest BCUT2D eigenvalue weighted by Gasteiger charge is 2.53. The molecule has 12 nitrogen and oxygen atoms in total. The summed E-state index contributed by atoms with van der Waals surface area (Å²) >= 11 is 0. The lowest BCUT2D eigenvalue weighted by Crippen LogP contribution is -2.63. The smallest absolute Gasteiger partial charge is 0.407 e. The molecule has 1 unspecified atom stereocenters. The fourth-order valence-corrected chi connectivity index (χ4v) is 6.56. The molecule has 1 amide bonds. The summed E-state index contributed by atoms with van der Waals surface area (Å²) in [6.07, 6.45) is 0.597. The van der Waals surface area contributed by atoms with Crippen LogP contribution in [0.25, 0.3) is 11.3 Å². The van der Waals surface area contributed by atoms with Gasteiger partial charge < -0.3 is 33.8 Å². The van der Waals surface area contributed by atoms with Gasteiger partial charge >= 0.3 is 6.09 Å². The van der Waals surface area contributed by atoms with Gasteiger partial charge in [-0.05, 0) is 45.7 Å². The SMILES string of the molecule is CCO[C@@H]1[C@@H](n2cc(-c3cc(F)c(F)c(F)c3)nn2)[C@H]2OC(C)(C)OC[C@H]2O[C@@H]1CC1CC(C2CCN(C(=O)O)CC2)=NO1. The molecule has 2 aromatic rings. The Labute approximate surface area is 252 Å². The van der Waals surface area contributed by atoms with Gasteiger partial charge in [0.1, 0.15) is 36.2 Å². The van der Waals surface area contributed by atoms with E-state index in [2.05, 4.69) is 15.5 Å². The van der Waals surface area contributed by atoms with Crippen molar-refractivity contribution >= 4 is 11.8 Å². The molecule has 6 rings (SSSR count). The Morgan fingerprint density at radius 1 is 1.18 bits per heavy atom. The molecule has 1 aromatic carbocycles. The van der Waals surface area contributed by atoms with E-state index in [1.807, 2.05) is 6.92 Å². The number of amides is 1. The van der Waals surface area contributed by atoms with Gasteiger partial charge in [-0.2, -0.15) is 0 Å². The normalized spacial score (nSPS) is 30.5. The number of hydrogen-bond donors (Lipinski definition) is 1. The van der Waals surface area contributed by atoms with Crippen LogP contribution in [0.3, 0.4) is 0 Å². The number of oxime groups is 1. The molecule has 5 heterocycles. The van der Waals surface area contributed by atoms with Crippen molar-refractivity contribution in [3.63, 3.8) is 0 Å². The number of rotatable bonds is 7. The first kappa shape index (κ1) is 30.7. The molecule has 15 heteroatoms. The van der Waals surface area contributed by atoms with E-state index in [1.165, 1.54) is 11.1 Å². The van der Waals surface area contributed by atoms with Crippen molar-refractivity contribution in [2.24, 2.45) is 11.1 Å². The van der Waals surface area contributed by atoms with Crippen LogP contribution in [0.1, 0.15) is 52.5 Å². The third-order valence-corrected chi connectivity index (χ3v) is 8.71. The van der Waals surface area contributed by atoms with E-state index in [-0.39, 0.29) is 29.9 Å². The second-order valence-electron chi connectivity index (χ2n) is 12.0. The zero-order chi connectivity index (χ0) is 31.2. The molecule has 44 heavy (non-hydrogen) atoms. The number of nitrogens with zero attached hydrogens (tertiary/aromatic N) is 5. The Hall–Kier alpha value is -3.27. The van der Waals surface area contributed by atoms with Crippen molar-refractivity contribution in [3.05, 3.63) is 35.8 Å². The lowest BCUT2D eigenvalue weighted by molar-refractivity contribution is -0.352. The zero-order valence-corrected chi connectivity index (χ0v) is 24.7. The number of piperidine rings is 1. The van der Waals surface area contributed by atoms with Crippen molar-refractivity contribution in [2.45, 2.75) is 88.8 Å². The summed E-state index contributed by atoms with van der Waals surface area (Å²) in [4.78, 5) is 18.6. The summed E-state index contributed by atoms with van der Waals surface area (Å²) < 4.78 is 68.3. The summed E-state index contributed by atoms with van der Waals surface area (Å²) in [7, 11) is 0. The third-order valence-electron chi connectivity index (χ3n) is 8.71. The first-order chi connectivity index (χ1) is 21.0. The Balaban J connectivity index is 1.23. The number of aromatic nitrogens is 3. The molecule has 3 fully saturated rings. The van der Waals surface area contributed by atoms with Gasteiger partial charge in [0.25, 0.3) is 0 Å². The minimum atomic E-state index is -1.56. The van der Waals surface area contributed by atoms with Crippen LogP contribution in [0.4, 0.5) is 18.0 Å². The van der Waals surface area contributed by atoms with E-state index in [1.54, 1.807) is 18.5 Å². The van der Waals surface area contributed by atoms with Crippen LogP contribution >= 0.6 is 0 Å². The Bertz CT molecular complexity index is 1380. The van der Waals surface area contributed by atoms with Crippen molar-refractivity contribution in [1.82, 2.24) is 19.9 Å². The first-order valence-corrected chi connectivity index (χ1v) is 14.9. The molecular formula is C29H36F3N5O7. The van der Waals surface area contributed by atoms with Crippen LogP contribution in [0, 0.1) is 23.4 Å². The summed E-state index contributed by atoms with van der Waals surface area (Å²) in [6.45, 7) is 6.97. The summed E-state index contributed by atoms with van der Waals surface area (Å²) in [6, 6.07) is 1.17. The maximum atomic E-state index is 14.0. The molecule has 4 aliphatic heterocycles. The second kappa shape index (κ2) is 12.3. The first-order valence-electron chi connectivity index (χ1n) is 14.9. The lowest BCUT2D eigenvalue weighted by Gasteiger charge is -2.51. The van der Waals surface area contributed by atoms with Gasteiger partial charge in [0.2, 0.25) is 0 Å². The average molecular weight is 624 g/mol. The number of benzene rings is 1. The molecule has 6 atom stereocenters. The molecule has 0 saturated carbocycles. The van der Waals surface area contributed by atoms with Crippen LogP contribution in [0.15, 0.2) is 23.5 Å². The fraction of sp³-hybridized carbons (Fsp3) is 0.655. The highest BCUT2D eigenvalue weighted by molar-refractivity contribution is 5.88. The van der Waals surface area contributed by atoms with Gasteiger partial charge in [-0.1, -0.05) is 10.4 Å². The molecule has 0 radical (unpaired) electrons. The van der Waals surface area contributed by atoms with Gasteiger partial charge in [-0.25, -0.2) is 22.6 Å². The van der Waals surface area contributed by atoms with E-state index in [9.17, 15) is 23.1 Å². The van der Waals surface area contributed by atoms with Crippen molar-refractivity contribution in [1.29, 1.82) is 0 Å². The highest BCUT2D eigenvalue weighted by atomic mass is 19.2.